The van der Waals surface area contributed by atoms with Crippen molar-refractivity contribution < 1.29 is 9.84 Å². The average Bonchev–Trinajstić information content (AvgIpc) is 2.45. The lowest BCUT2D eigenvalue weighted by Crippen LogP contribution is -2.26. The summed E-state index contributed by atoms with van der Waals surface area (Å²) in [6, 6.07) is 13.9. The predicted molar refractivity (Wildman–Crippen MR) is 80.8 cm³/mol. The van der Waals surface area contributed by atoms with E-state index in [1.807, 2.05) is 55.5 Å². The van der Waals surface area contributed by atoms with Crippen molar-refractivity contribution in [3.8, 4) is 5.75 Å². The van der Waals surface area contributed by atoms with Crippen LogP contribution in [0.3, 0.4) is 0 Å². The van der Waals surface area contributed by atoms with Gasteiger partial charge in [-0.1, -0.05) is 48.0 Å². The molecule has 0 aromatic heterocycles. The fourth-order valence-corrected chi connectivity index (χ4v) is 2.59. The van der Waals surface area contributed by atoms with Crippen LogP contribution in [-0.4, -0.2) is 11.2 Å². The molecule has 3 rings (SSSR count). The molecule has 0 amide bonds. The van der Waals surface area contributed by atoms with Crippen LogP contribution in [0.15, 0.2) is 48.5 Å². The first-order valence-electron chi connectivity index (χ1n) is 6.84. The molecule has 2 heteroatoms. The molecule has 102 valence electrons. The van der Waals surface area contributed by atoms with Crippen LogP contribution in [0.2, 0.25) is 0 Å². The topological polar surface area (TPSA) is 29.5 Å². The van der Waals surface area contributed by atoms with Crippen molar-refractivity contribution in [3.05, 3.63) is 70.8 Å². The van der Waals surface area contributed by atoms with Gasteiger partial charge in [-0.05, 0) is 42.7 Å². The third-order valence-electron chi connectivity index (χ3n) is 3.68. The van der Waals surface area contributed by atoms with E-state index >= 15 is 0 Å². The number of benzene rings is 2. The maximum atomic E-state index is 10.5. The third-order valence-corrected chi connectivity index (χ3v) is 3.68. The molecule has 1 aliphatic carbocycles. The number of aliphatic hydroxyl groups is 1. The molecule has 0 unspecified atom stereocenters. The quantitative estimate of drug-likeness (QED) is 0.895. The van der Waals surface area contributed by atoms with Gasteiger partial charge < -0.3 is 9.84 Å². The van der Waals surface area contributed by atoms with Gasteiger partial charge in [0.1, 0.15) is 18.0 Å². The van der Waals surface area contributed by atoms with Gasteiger partial charge in [0.2, 0.25) is 0 Å². The normalized spacial score (nSPS) is 20.6. The van der Waals surface area contributed by atoms with Gasteiger partial charge in [-0.3, -0.25) is 0 Å². The van der Waals surface area contributed by atoms with Crippen molar-refractivity contribution in [1.82, 2.24) is 0 Å². The fraction of sp³-hybridized carbons (Fsp3) is 0.222. The Morgan fingerprint density at radius 1 is 1.05 bits per heavy atom. The lowest BCUT2D eigenvalue weighted by molar-refractivity contribution is 0.0619. The molecular formula is C18H18O2. The van der Waals surface area contributed by atoms with Crippen molar-refractivity contribution in [3.63, 3.8) is 0 Å². The Balaban J connectivity index is 1.86. The molecule has 2 nitrogen and oxygen atoms in total. The zero-order chi connectivity index (χ0) is 14.1. The number of hydrogen-bond acceptors (Lipinski definition) is 2. The Bertz CT molecular complexity index is 658. The lowest BCUT2D eigenvalue weighted by atomic mass is 9.93. The molecule has 0 fully saturated rings. The Kier molecular flexibility index (Phi) is 3.33. The summed E-state index contributed by atoms with van der Waals surface area (Å²) in [7, 11) is 0. The van der Waals surface area contributed by atoms with Crippen molar-refractivity contribution in [2.75, 3.05) is 0 Å². The summed E-state index contributed by atoms with van der Waals surface area (Å²) < 4.78 is 5.97. The number of aliphatic hydroxyl groups excluding tert-OH is 1. The van der Waals surface area contributed by atoms with Crippen LogP contribution in [-0.2, 0) is 0 Å². The maximum absolute atomic E-state index is 10.5. The number of aryl methyl sites for hydroxylation is 2. The molecule has 0 spiro atoms. The first kappa shape index (κ1) is 12.9. The van der Waals surface area contributed by atoms with E-state index < -0.39 is 6.10 Å². The van der Waals surface area contributed by atoms with Gasteiger partial charge in [-0.25, -0.2) is 0 Å². The Hall–Kier alpha value is -2.06. The summed E-state index contributed by atoms with van der Waals surface area (Å²) in [6.45, 7) is 4.08. The second-order valence-corrected chi connectivity index (χ2v) is 5.28. The minimum Gasteiger partial charge on any atom is -0.483 e. The van der Waals surface area contributed by atoms with Gasteiger partial charge in [0, 0.05) is 0 Å². The molecule has 0 radical (unpaired) electrons. The largest absolute Gasteiger partial charge is 0.483 e. The van der Waals surface area contributed by atoms with Gasteiger partial charge in [-0.15, -0.1) is 0 Å². The number of hydrogen-bond donors (Lipinski definition) is 1. The number of ether oxygens (including phenoxy) is 1. The van der Waals surface area contributed by atoms with E-state index in [2.05, 4.69) is 13.0 Å². The average molecular weight is 266 g/mol. The molecule has 1 N–H and O–H groups in total. The molecule has 0 saturated carbocycles. The highest BCUT2D eigenvalue weighted by Crippen LogP contribution is 2.31. The Morgan fingerprint density at radius 3 is 2.65 bits per heavy atom. The van der Waals surface area contributed by atoms with Crippen LogP contribution in [0.4, 0.5) is 0 Å². The number of fused-ring (bicyclic) bond motifs is 1. The van der Waals surface area contributed by atoms with E-state index in [-0.39, 0.29) is 6.10 Å². The van der Waals surface area contributed by atoms with Crippen molar-refractivity contribution in [1.29, 1.82) is 0 Å². The highest BCUT2D eigenvalue weighted by molar-refractivity contribution is 5.58. The summed E-state index contributed by atoms with van der Waals surface area (Å²) >= 11 is 0. The standard InChI is InChI=1S/C18H18O2/c1-12-7-9-16(13(2)11-12)20-17-10-8-14-5-3-4-6-15(14)18(17)19/h3-11,17-19H,1-2H3/t17-,18+/m1/s1. The predicted octanol–water partition coefficient (Wildman–Crippen LogP) is 3.81. The molecular weight excluding hydrogens is 248 g/mol. The van der Waals surface area contributed by atoms with Crippen LogP contribution < -0.4 is 4.74 Å². The molecule has 0 bridgehead atoms. The first-order chi connectivity index (χ1) is 9.65. The molecule has 20 heavy (non-hydrogen) atoms. The van der Waals surface area contributed by atoms with E-state index in [1.165, 1.54) is 5.56 Å². The summed E-state index contributed by atoms with van der Waals surface area (Å²) in [5, 5.41) is 10.5. The van der Waals surface area contributed by atoms with E-state index in [1.54, 1.807) is 0 Å². The minimum absolute atomic E-state index is 0.341. The molecule has 1 aliphatic rings. The van der Waals surface area contributed by atoms with Crippen LogP contribution in [0.5, 0.6) is 5.75 Å². The van der Waals surface area contributed by atoms with Crippen molar-refractivity contribution in [2.24, 2.45) is 0 Å². The first-order valence-corrected chi connectivity index (χ1v) is 6.84. The van der Waals surface area contributed by atoms with Crippen molar-refractivity contribution in [2.45, 2.75) is 26.1 Å². The highest BCUT2D eigenvalue weighted by Gasteiger charge is 2.25. The van der Waals surface area contributed by atoms with Crippen molar-refractivity contribution >= 4 is 6.08 Å². The van der Waals surface area contributed by atoms with Crippen LogP contribution in [0.1, 0.15) is 28.4 Å². The maximum Gasteiger partial charge on any atom is 0.147 e. The second-order valence-electron chi connectivity index (χ2n) is 5.28. The Morgan fingerprint density at radius 2 is 1.85 bits per heavy atom. The highest BCUT2D eigenvalue weighted by atomic mass is 16.5. The zero-order valence-corrected chi connectivity index (χ0v) is 11.7. The van der Waals surface area contributed by atoms with E-state index in [0.717, 1.165) is 22.4 Å². The van der Waals surface area contributed by atoms with E-state index in [0.29, 0.717) is 0 Å². The van der Waals surface area contributed by atoms with Crippen LogP contribution in [0, 0.1) is 13.8 Å². The summed E-state index contributed by atoms with van der Waals surface area (Å²) in [5.41, 5.74) is 4.27. The SMILES string of the molecule is Cc1ccc(O[C@@H]2C=Cc3ccccc3[C@@H]2O)c(C)c1. The van der Waals surface area contributed by atoms with E-state index in [9.17, 15) is 5.11 Å². The fourth-order valence-electron chi connectivity index (χ4n) is 2.59. The second kappa shape index (κ2) is 5.14. The Labute approximate surface area is 119 Å². The lowest BCUT2D eigenvalue weighted by Gasteiger charge is -2.27. The summed E-state index contributed by atoms with van der Waals surface area (Å²) in [5.74, 6) is 0.823. The van der Waals surface area contributed by atoms with Crippen LogP contribution in [0.25, 0.3) is 6.08 Å². The summed E-state index contributed by atoms with van der Waals surface area (Å²) in [4.78, 5) is 0. The van der Waals surface area contributed by atoms with Gasteiger partial charge >= 0.3 is 0 Å². The van der Waals surface area contributed by atoms with Gasteiger partial charge in [0.25, 0.3) is 0 Å². The smallest absolute Gasteiger partial charge is 0.147 e. The number of rotatable bonds is 2. The van der Waals surface area contributed by atoms with Gasteiger partial charge in [0.05, 0.1) is 0 Å². The van der Waals surface area contributed by atoms with Gasteiger partial charge in [0.15, 0.2) is 0 Å². The molecule has 0 heterocycles. The molecule has 2 aromatic rings. The zero-order valence-electron chi connectivity index (χ0n) is 11.7. The van der Waals surface area contributed by atoms with Gasteiger partial charge in [-0.2, -0.15) is 0 Å². The molecule has 0 aliphatic heterocycles. The van der Waals surface area contributed by atoms with Crippen LogP contribution >= 0.6 is 0 Å². The minimum atomic E-state index is -0.628. The molecule has 2 atom stereocenters. The summed E-state index contributed by atoms with van der Waals surface area (Å²) in [6.07, 6.45) is 2.96. The molecule has 2 aromatic carbocycles. The monoisotopic (exact) mass is 266 g/mol. The molecule has 0 saturated heterocycles. The van der Waals surface area contributed by atoms with E-state index in [4.69, 9.17) is 4.74 Å². The third kappa shape index (κ3) is 2.35.